The highest BCUT2D eigenvalue weighted by atomic mass is 32.2. The van der Waals surface area contributed by atoms with Crippen LogP contribution in [0.3, 0.4) is 0 Å². The van der Waals surface area contributed by atoms with Gasteiger partial charge in [-0.1, -0.05) is 0 Å². The Morgan fingerprint density at radius 2 is 2.21 bits per heavy atom. The van der Waals surface area contributed by atoms with Crippen molar-refractivity contribution in [2.24, 2.45) is 0 Å². The number of aliphatic carboxylic acids is 1. The van der Waals surface area contributed by atoms with Crippen molar-refractivity contribution in [2.45, 2.75) is 11.8 Å². The molecule has 0 radical (unpaired) electrons. The SMILES string of the molecule is CCN1CCOc2ccc(S(=O)(=O)CC(=O)O)cc21. The van der Waals surface area contributed by atoms with Crippen molar-refractivity contribution < 1.29 is 23.1 Å². The number of carbonyl (C=O) groups is 1. The van der Waals surface area contributed by atoms with Crippen molar-refractivity contribution in [1.82, 2.24) is 0 Å². The fraction of sp³-hybridized carbons (Fsp3) is 0.417. The molecule has 6 nitrogen and oxygen atoms in total. The first-order valence-electron chi connectivity index (χ1n) is 5.90. The third kappa shape index (κ3) is 2.81. The fourth-order valence-electron chi connectivity index (χ4n) is 2.02. The molecule has 0 aromatic heterocycles. The van der Waals surface area contributed by atoms with E-state index in [1.165, 1.54) is 12.1 Å². The lowest BCUT2D eigenvalue weighted by molar-refractivity contribution is -0.134. The molecule has 1 aliphatic heterocycles. The van der Waals surface area contributed by atoms with Gasteiger partial charge < -0.3 is 14.7 Å². The van der Waals surface area contributed by atoms with Crippen LogP contribution in [0.5, 0.6) is 5.75 Å². The lowest BCUT2D eigenvalue weighted by Crippen LogP contribution is -2.32. The summed E-state index contributed by atoms with van der Waals surface area (Å²) < 4.78 is 29.2. The Labute approximate surface area is 111 Å². The summed E-state index contributed by atoms with van der Waals surface area (Å²) in [5, 5.41) is 8.63. The highest BCUT2D eigenvalue weighted by Crippen LogP contribution is 2.33. The predicted octanol–water partition coefficient (Wildman–Crippen LogP) is 0.764. The Hall–Kier alpha value is -1.76. The first kappa shape index (κ1) is 13.7. The van der Waals surface area contributed by atoms with Gasteiger partial charge in [0.15, 0.2) is 15.6 Å². The highest BCUT2D eigenvalue weighted by molar-refractivity contribution is 7.92. The van der Waals surface area contributed by atoms with Gasteiger partial charge in [0.2, 0.25) is 0 Å². The largest absolute Gasteiger partial charge is 0.490 e. The standard InChI is InChI=1S/C12H15NO5S/c1-2-13-5-6-18-11-4-3-9(7-10(11)13)19(16,17)8-12(14)15/h3-4,7H,2,5-6,8H2,1H3,(H,14,15). The van der Waals surface area contributed by atoms with E-state index in [-0.39, 0.29) is 4.90 Å². The van der Waals surface area contributed by atoms with E-state index in [9.17, 15) is 13.2 Å². The monoisotopic (exact) mass is 285 g/mol. The number of likely N-dealkylation sites (N-methyl/N-ethyl adjacent to an activating group) is 1. The topological polar surface area (TPSA) is 83.9 Å². The van der Waals surface area contributed by atoms with Gasteiger partial charge in [-0.25, -0.2) is 8.42 Å². The van der Waals surface area contributed by atoms with Gasteiger partial charge in [-0.2, -0.15) is 0 Å². The van der Waals surface area contributed by atoms with Crippen LogP contribution in [0, 0.1) is 0 Å². The van der Waals surface area contributed by atoms with Gasteiger partial charge in [0.1, 0.15) is 12.4 Å². The average molecular weight is 285 g/mol. The summed E-state index contributed by atoms with van der Waals surface area (Å²) in [6.07, 6.45) is 0. The van der Waals surface area contributed by atoms with E-state index in [1.807, 2.05) is 11.8 Å². The van der Waals surface area contributed by atoms with Crippen molar-refractivity contribution in [2.75, 3.05) is 30.3 Å². The zero-order valence-electron chi connectivity index (χ0n) is 10.5. The van der Waals surface area contributed by atoms with Crippen molar-refractivity contribution in [1.29, 1.82) is 0 Å². The van der Waals surface area contributed by atoms with E-state index < -0.39 is 21.6 Å². The Bertz CT molecular complexity index is 596. The van der Waals surface area contributed by atoms with Crippen molar-refractivity contribution in [3.05, 3.63) is 18.2 Å². The Kier molecular flexibility index (Phi) is 3.66. The summed E-state index contributed by atoms with van der Waals surface area (Å²) in [5.74, 6) is -1.64. The van der Waals surface area contributed by atoms with Crippen LogP contribution in [0.25, 0.3) is 0 Å². The Morgan fingerprint density at radius 1 is 1.47 bits per heavy atom. The number of sulfone groups is 1. The molecule has 1 aromatic carbocycles. The minimum atomic E-state index is -3.81. The van der Waals surface area contributed by atoms with Gasteiger partial charge in [-0.15, -0.1) is 0 Å². The second kappa shape index (κ2) is 5.08. The van der Waals surface area contributed by atoms with Gasteiger partial charge >= 0.3 is 5.97 Å². The van der Waals surface area contributed by atoms with E-state index in [4.69, 9.17) is 9.84 Å². The van der Waals surface area contributed by atoms with E-state index in [0.717, 1.165) is 6.54 Å². The van der Waals surface area contributed by atoms with Crippen LogP contribution in [-0.2, 0) is 14.6 Å². The summed E-state index contributed by atoms with van der Waals surface area (Å²) in [6.45, 7) is 3.94. The maximum absolute atomic E-state index is 11.9. The smallest absolute Gasteiger partial charge is 0.319 e. The molecule has 104 valence electrons. The predicted molar refractivity (Wildman–Crippen MR) is 69.5 cm³/mol. The molecule has 0 aliphatic carbocycles. The molecule has 1 N–H and O–H groups in total. The molecule has 0 fully saturated rings. The number of benzene rings is 1. The van der Waals surface area contributed by atoms with Gasteiger partial charge in [0.05, 0.1) is 17.1 Å². The molecule has 0 atom stereocenters. The van der Waals surface area contributed by atoms with Crippen LogP contribution in [0.1, 0.15) is 6.92 Å². The first-order chi connectivity index (χ1) is 8.94. The normalized spacial score (nSPS) is 14.7. The molecular formula is C12H15NO5S. The zero-order valence-corrected chi connectivity index (χ0v) is 11.3. The number of hydrogen-bond acceptors (Lipinski definition) is 5. The number of carboxylic acids is 1. The molecule has 1 heterocycles. The molecule has 1 aliphatic rings. The average Bonchev–Trinajstić information content (AvgIpc) is 2.35. The number of anilines is 1. The maximum Gasteiger partial charge on any atom is 0.319 e. The van der Waals surface area contributed by atoms with Gasteiger partial charge in [0.25, 0.3) is 0 Å². The number of carboxylic acid groups (broad SMARTS) is 1. The summed E-state index contributed by atoms with van der Waals surface area (Å²) in [5.41, 5.74) is 0.695. The molecule has 7 heteroatoms. The van der Waals surface area contributed by atoms with Crippen LogP contribution in [0.4, 0.5) is 5.69 Å². The van der Waals surface area contributed by atoms with E-state index >= 15 is 0 Å². The van der Waals surface area contributed by atoms with E-state index in [1.54, 1.807) is 6.07 Å². The fourth-order valence-corrected chi connectivity index (χ4v) is 3.08. The van der Waals surface area contributed by atoms with Gasteiger partial charge in [-0.3, -0.25) is 4.79 Å². The van der Waals surface area contributed by atoms with Crippen molar-refractivity contribution >= 4 is 21.5 Å². The summed E-state index contributed by atoms with van der Waals surface area (Å²) in [6, 6.07) is 4.44. The van der Waals surface area contributed by atoms with Gasteiger partial charge in [0, 0.05) is 6.54 Å². The molecule has 0 spiro atoms. The number of rotatable bonds is 4. The van der Waals surface area contributed by atoms with Crippen LogP contribution in [0.15, 0.2) is 23.1 Å². The summed E-state index contributed by atoms with van der Waals surface area (Å²) in [7, 11) is -3.81. The molecule has 19 heavy (non-hydrogen) atoms. The Morgan fingerprint density at radius 3 is 2.84 bits per heavy atom. The highest BCUT2D eigenvalue weighted by Gasteiger charge is 2.23. The molecule has 0 amide bonds. The van der Waals surface area contributed by atoms with Crippen LogP contribution in [-0.4, -0.2) is 44.9 Å². The third-order valence-electron chi connectivity index (χ3n) is 2.94. The molecule has 0 saturated carbocycles. The third-order valence-corrected chi connectivity index (χ3v) is 4.54. The molecule has 1 aromatic rings. The number of ether oxygens (including phenoxy) is 1. The first-order valence-corrected chi connectivity index (χ1v) is 7.55. The number of nitrogens with zero attached hydrogens (tertiary/aromatic N) is 1. The zero-order chi connectivity index (χ0) is 14.0. The molecular weight excluding hydrogens is 270 g/mol. The van der Waals surface area contributed by atoms with Crippen LogP contribution in [0.2, 0.25) is 0 Å². The lowest BCUT2D eigenvalue weighted by Gasteiger charge is -2.30. The van der Waals surface area contributed by atoms with Crippen LogP contribution >= 0.6 is 0 Å². The van der Waals surface area contributed by atoms with E-state index in [0.29, 0.717) is 24.6 Å². The Balaban J connectivity index is 2.42. The lowest BCUT2D eigenvalue weighted by atomic mass is 10.2. The molecule has 0 unspecified atom stereocenters. The van der Waals surface area contributed by atoms with Crippen molar-refractivity contribution in [3.8, 4) is 5.75 Å². The van der Waals surface area contributed by atoms with E-state index in [2.05, 4.69) is 0 Å². The number of hydrogen-bond donors (Lipinski definition) is 1. The maximum atomic E-state index is 11.9. The quantitative estimate of drug-likeness (QED) is 0.879. The van der Waals surface area contributed by atoms with Gasteiger partial charge in [-0.05, 0) is 25.1 Å². The second-order valence-corrected chi connectivity index (χ2v) is 6.20. The minimum absolute atomic E-state index is 0.0117. The summed E-state index contributed by atoms with van der Waals surface area (Å²) >= 11 is 0. The number of fused-ring (bicyclic) bond motifs is 1. The van der Waals surface area contributed by atoms with Crippen molar-refractivity contribution in [3.63, 3.8) is 0 Å². The second-order valence-electron chi connectivity index (χ2n) is 4.21. The van der Waals surface area contributed by atoms with Crippen LogP contribution < -0.4 is 9.64 Å². The molecule has 0 bridgehead atoms. The molecule has 2 rings (SSSR count). The minimum Gasteiger partial charge on any atom is -0.490 e. The summed E-state index contributed by atoms with van der Waals surface area (Å²) in [4.78, 5) is 12.6. The molecule has 0 saturated heterocycles.